The molecule has 2 heterocycles. The third-order valence-electron chi connectivity index (χ3n) is 7.65. The summed E-state index contributed by atoms with van der Waals surface area (Å²) in [4.78, 5) is 9.20. The van der Waals surface area contributed by atoms with Gasteiger partial charge in [-0.05, 0) is 56.6 Å². The fraction of sp³-hybridized carbons (Fsp3) is 0. The quantitative estimate of drug-likeness (QED) is 0.211. The van der Waals surface area contributed by atoms with Gasteiger partial charge in [-0.25, -0.2) is 0 Å². The van der Waals surface area contributed by atoms with Crippen molar-refractivity contribution in [3.63, 3.8) is 0 Å². The normalized spacial score (nSPS) is 10.9. The molecule has 0 amide bonds. The van der Waals surface area contributed by atoms with Gasteiger partial charge in [0.1, 0.15) is 0 Å². The molecule has 0 unspecified atom stereocenters. The van der Waals surface area contributed by atoms with Crippen LogP contribution in [0.5, 0.6) is 0 Å². The van der Waals surface area contributed by atoms with Gasteiger partial charge < -0.3 is 0 Å². The maximum absolute atomic E-state index is 4.60. The summed E-state index contributed by atoms with van der Waals surface area (Å²) in [6.45, 7) is 0. The van der Waals surface area contributed by atoms with Crippen molar-refractivity contribution in [2.75, 3.05) is 0 Å². The van der Waals surface area contributed by atoms with Crippen molar-refractivity contribution in [3.8, 4) is 66.8 Å². The first-order chi connectivity index (χ1) is 20.9. The molecule has 0 atom stereocenters. The minimum absolute atomic E-state index is 1.06. The number of rotatable bonds is 6. The molecule has 7 aromatic rings. The average molecular weight is 537 g/mol. The summed E-state index contributed by atoms with van der Waals surface area (Å²) in [5.41, 5.74) is 13.8. The lowest BCUT2D eigenvalue weighted by atomic mass is 9.74. The van der Waals surface area contributed by atoms with Crippen molar-refractivity contribution >= 4 is 0 Å². The summed E-state index contributed by atoms with van der Waals surface area (Å²) < 4.78 is 0. The first-order valence-corrected chi connectivity index (χ1v) is 14.2. The predicted molar refractivity (Wildman–Crippen MR) is 175 cm³/mol. The standard InChI is InChI=1S/C40H28N2/c1-5-15-29(16-6-1)35-36(30-17-7-2-8-18-30)38(32-21-11-4-12-22-32)40(34-24-14-26-42-28-34)39(33-23-13-25-41-27-33)37(35)31-19-9-3-10-20-31/h1-28H. The van der Waals surface area contributed by atoms with Crippen LogP contribution >= 0.6 is 0 Å². The molecule has 0 saturated heterocycles. The summed E-state index contributed by atoms with van der Waals surface area (Å²) >= 11 is 0. The Morgan fingerprint density at radius 3 is 0.714 bits per heavy atom. The van der Waals surface area contributed by atoms with E-state index < -0.39 is 0 Å². The zero-order chi connectivity index (χ0) is 28.1. The van der Waals surface area contributed by atoms with E-state index >= 15 is 0 Å². The van der Waals surface area contributed by atoms with Crippen LogP contribution in [0.4, 0.5) is 0 Å². The molecule has 0 N–H and O–H groups in total. The molecule has 2 heteroatoms. The van der Waals surface area contributed by atoms with Crippen molar-refractivity contribution in [1.29, 1.82) is 0 Å². The molecule has 42 heavy (non-hydrogen) atoms. The molecule has 0 aliphatic carbocycles. The monoisotopic (exact) mass is 536 g/mol. The van der Waals surface area contributed by atoms with Gasteiger partial charge in [0.05, 0.1) is 0 Å². The van der Waals surface area contributed by atoms with E-state index in [1.54, 1.807) is 0 Å². The highest BCUT2D eigenvalue weighted by molar-refractivity contribution is 6.14. The largest absolute Gasteiger partial charge is 0.264 e. The molecule has 0 aliphatic heterocycles. The molecule has 7 rings (SSSR count). The van der Waals surface area contributed by atoms with Gasteiger partial charge in [0.2, 0.25) is 0 Å². The Morgan fingerprint density at radius 2 is 0.476 bits per heavy atom. The zero-order valence-electron chi connectivity index (χ0n) is 23.1. The first kappa shape index (κ1) is 25.4. The average Bonchev–Trinajstić information content (AvgIpc) is 3.09. The van der Waals surface area contributed by atoms with E-state index in [-0.39, 0.29) is 0 Å². The minimum Gasteiger partial charge on any atom is -0.264 e. The minimum atomic E-state index is 1.06. The molecule has 2 nitrogen and oxygen atoms in total. The van der Waals surface area contributed by atoms with E-state index in [1.807, 2.05) is 36.9 Å². The Labute approximate surface area is 246 Å². The van der Waals surface area contributed by atoms with Crippen molar-refractivity contribution in [1.82, 2.24) is 9.97 Å². The molecule has 0 saturated carbocycles. The maximum Gasteiger partial charge on any atom is 0.0346 e. The van der Waals surface area contributed by atoms with Crippen LogP contribution < -0.4 is 0 Å². The summed E-state index contributed by atoms with van der Waals surface area (Å²) in [5.74, 6) is 0. The Kier molecular flexibility index (Phi) is 6.94. The summed E-state index contributed by atoms with van der Waals surface area (Å²) in [5, 5.41) is 0. The first-order valence-electron chi connectivity index (χ1n) is 14.2. The van der Waals surface area contributed by atoms with E-state index in [2.05, 4.69) is 143 Å². The van der Waals surface area contributed by atoms with Crippen LogP contribution in [0.1, 0.15) is 0 Å². The summed E-state index contributed by atoms with van der Waals surface area (Å²) in [7, 11) is 0. The van der Waals surface area contributed by atoms with Gasteiger partial charge in [0.15, 0.2) is 0 Å². The van der Waals surface area contributed by atoms with Crippen LogP contribution in [0.15, 0.2) is 170 Å². The number of hydrogen-bond acceptors (Lipinski definition) is 2. The van der Waals surface area contributed by atoms with Crippen LogP contribution in [-0.4, -0.2) is 9.97 Å². The molecular formula is C40H28N2. The SMILES string of the molecule is c1ccc(-c2c(-c3ccccc3)c(-c3ccccc3)c(-c3cccnc3)c(-c3cccnc3)c2-c2ccccc2)cc1. The highest BCUT2D eigenvalue weighted by Crippen LogP contribution is 2.55. The molecule has 5 aromatic carbocycles. The number of benzene rings is 5. The second kappa shape index (κ2) is 11.5. The van der Waals surface area contributed by atoms with E-state index in [0.717, 1.165) is 44.5 Å². The lowest BCUT2D eigenvalue weighted by Gasteiger charge is -2.28. The highest BCUT2D eigenvalue weighted by atomic mass is 14.6. The van der Waals surface area contributed by atoms with E-state index in [9.17, 15) is 0 Å². The van der Waals surface area contributed by atoms with Gasteiger partial charge in [-0.15, -0.1) is 0 Å². The Hall–Kier alpha value is -5.60. The number of hydrogen-bond donors (Lipinski definition) is 0. The molecule has 198 valence electrons. The van der Waals surface area contributed by atoms with Crippen LogP contribution in [0.2, 0.25) is 0 Å². The van der Waals surface area contributed by atoms with Crippen LogP contribution in [0, 0.1) is 0 Å². The van der Waals surface area contributed by atoms with Crippen LogP contribution in [0.25, 0.3) is 66.8 Å². The van der Waals surface area contributed by atoms with Gasteiger partial charge in [-0.1, -0.05) is 133 Å². The molecule has 0 bridgehead atoms. The lowest BCUT2D eigenvalue weighted by Crippen LogP contribution is -2.02. The Morgan fingerprint density at radius 1 is 0.238 bits per heavy atom. The highest BCUT2D eigenvalue weighted by Gasteiger charge is 2.28. The van der Waals surface area contributed by atoms with Crippen molar-refractivity contribution in [3.05, 3.63) is 170 Å². The lowest BCUT2D eigenvalue weighted by molar-refractivity contribution is 1.32. The molecule has 0 spiro atoms. The molecular weight excluding hydrogens is 508 g/mol. The van der Waals surface area contributed by atoms with Crippen LogP contribution in [-0.2, 0) is 0 Å². The Balaban J connectivity index is 1.81. The van der Waals surface area contributed by atoms with Gasteiger partial charge in [-0.2, -0.15) is 0 Å². The zero-order valence-corrected chi connectivity index (χ0v) is 23.1. The number of nitrogens with zero attached hydrogens (tertiary/aromatic N) is 2. The third-order valence-corrected chi connectivity index (χ3v) is 7.65. The topological polar surface area (TPSA) is 25.8 Å². The van der Waals surface area contributed by atoms with E-state index in [1.165, 1.54) is 22.3 Å². The Bertz CT molecular complexity index is 1520. The smallest absolute Gasteiger partial charge is 0.0346 e. The number of pyridine rings is 2. The van der Waals surface area contributed by atoms with Crippen molar-refractivity contribution < 1.29 is 0 Å². The third kappa shape index (κ3) is 4.70. The predicted octanol–water partition coefficient (Wildman–Crippen LogP) is 10.5. The maximum atomic E-state index is 4.60. The van der Waals surface area contributed by atoms with Gasteiger partial charge >= 0.3 is 0 Å². The van der Waals surface area contributed by atoms with Crippen molar-refractivity contribution in [2.45, 2.75) is 0 Å². The summed E-state index contributed by atoms with van der Waals surface area (Å²) in [6.07, 6.45) is 7.63. The van der Waals surface area contributed by atoms with Crippen LogP contribution in [0.3, 0.4) is 0 Å². The fourth-order valence-corrected chi connectivity index (χ4v) is 5.92. The van der Waals surface area contributed by atoms with Gasteiger partial charge in [-0.3, -0.25) is 9.97 Å². The second-order valence-corrected chi connectivity index (χ2v) is 10.2. The molecule has 0 aliphatic rings. The van der Waals surface area contributed by atoms with Gasteiger partial charge in [0, 0.05) is 47.0 Å². The molecule has 0 fully saturated rings. The van der Waals surface area contributed by atoms with E-state index in [0.29, 0.717) is 0 Å². The second-order valence-electron chi connectivity index (χ2n) is 10.2. The van der Waals surface area contributed by atoms with E-state index in [4.69, 9.17) is 0 Å². The summed E-state index contributed by atoms with van der Waals surface area (Å²) in [6, 6.07) is 51.4. The van der Waals surface area contributed by atoms with Crippen molar-refractivity contribution in [2.24, 2.45) is 0 Å². The van der Waals surface area contributed by atoms with Gasteiger partial charge in [0.25, 0.3) is 0 Å². The fourth-order valence-electron chi connectivity index (χ4n) is 5.92. The number of aromatic nitrogens is 2. The molecule has 2 aromatic heterocycles. The molecule has 0 radical (unpaired) electrons.